The molecule has 0 fully saturated rings. The molecule has 6 nitrogen and oxygen atoms in total. The predicted octanol–water partition coefficient (Wildman–Crippen LogP) is 4.55. The summed E-state index contributed by atoms with van der Waals surface area (Å²) in [7, 11) is -5.46. The van der Waals surface area contributed by atoms with Gasteiger partial charge in [0.15, 0.2) is 0 Å². The molecule has 0 aromatic heterocycles. The van der Waals surface area contributed by atoms with Crippen LogP contribution in [0.1, 0.15) is 19.4 Å². The minimum absolute atomic E-state index is 0.467. The lowest BCUT2D eigenvalue weighted by Crippen LogP contribution is -2.39. The van der Waals surface area contributed by atoms with Gasteiger partial charge in [-0.15, -0.1) is 0 Å². The van der Waals surface area contributed by atoms with E-state index in [0.29, 0.717) is 24.3 Å². The number of non-ortho nitro benzene ring substituents is 1. The van der Waals surface area contributed by atoms with Crippen LogP contribution in [0.5, 0.6) is 0 Å². The second-order valence-electron chi connectivity index (χ2n) is 4.25. The van der Waals surface area contributed by atoms with Crippen LogP contribution in [0.15, 0.2) is 24.3 Å². The van der Waals surface area contributed by atoms with Crippen molar-refractivity contribution in [3.05, 3.63) is 39.9 Å². The average molecular weight is 359 g/mol. The molecule has 130 valence electrons. The minimum atomic E-state index is -5.46. The van der Waals surface area contributed by atoms with Gasteiger partial charge in [0, 0.05) is 17.7 Å². The van der Waals surface area contributed by atoms with Gasteiger partial charge in [0.1, 0.15) is 0 Å². The highest BCUT2D eigenvalue weighted by Crippen LogP contribution is 2.69. The Morgan fingerprint density at radius 2 is 1.52 bits per heavy atom. The number of hydrogen-bond acceptors (Lipinski definition) is 5. The van der Waals surface area contributed by atoms with E-state index in [4.69, 9.17) is 0 Å². The number of hydrogen-bond donors (Lipinski definition) is 0. The minimum Gasteiger partial charge on any atom is -0.305 e. The molecule has 0 saturated heterocycles. The van der Waals surface area contributed by atoms with Crippen molar-refractivity contribution < 1.29 is 36.1 Å². The molecule has 1 aromatic rings. The summed E-state index contributed by atoms with van der Waals surface area (Å²) in [6, 6.07) is 2.22. The van der Waals surface area contributed by atoms with Crippen molar-refractivity contribution >= 4 is 13.3 Å². The molecule has 0 spiro atoms. The van der Waals surface area contributed by atoms with Crippen LogP contribution in [-0.2, 0) is 19.5 Å². The zero-order valence-electron chi connectivity index (χ0n) is 12.2. The predicted molar refractivity (Wildman–Crippen MR) is 72.8 cm³/mol. The summed E-state index contributed by atoms with van der Waals surface area (Å²) in [6.45, 7) is 1.35. The molecule has 0 atom stereocenters. The van der Waals surface area contributed by atoms with Crippen molar-refractivity contribution in [2.45, 2.75) is 25.4 Å². The molecule has 0 amide bonds. The van der Waals surface area contributed by atoms with Crippen LogP contribution in [-0.4, -0.2) is 23.8 Å². The van der Waals surface area contributed by atoms with E-state index in [1.165, 1.54) is 13.8 Å². The van der Waals surface area contributed by atoms with Crippen LogP contribution in [0.25, 0.3) is 0 Å². The molecule has 1 aromatic carbocycles. The molecule has 0 radical (unpaired) electrons. The fraction of sp³-hybridized carbons (Fsp3) is 0.500. The smallest absolute Gasteiger partial charge is 0.305 e. The Morgan fingerprint density at radius 3 is 1.87 bits per heavy atom. The van der Waals surface area contributed by atoms with Gasteiger partial charge in [-0.25, -0.2) is 0 Å². The number of alkyl halides is 4. The van der Waals surface area contributed by atoms with Gasteiger partial charge in [-0.1, -0.05) is 0 Å². The van der Waals surface area contributed by atoms with Crippen LogP contribution >= 0.6 is 7.60 Å². The Kier molecular flexibility index (Phi) is 5.89. The number of halogens is 4. The summed E-state index contributed by atoms with van der Waals surface area (Å²) in [6.07, 6.45) is 0. The van der Waals surface area contributed by atoms with Gasteiger partial charge in [0.05, 0.1) is 18.1 Å². The SMILES string of the molecule is CCOP(=O)(OCC)C(F)(F)C(F)(F)c1ccc([N+](=O)[O-])cc1. The van der Waals surface area contributed by atoms with E-state index in [1.807, 2.05) is 0 Å². The van der Waals surface area contributed by atoms with Crippen LogP contribution in [0.2, 0.25) is 0 Å². The molecule has 0 aliphatic carbocycles. The maximum Gasteiger partial charge on any atom is 0.411 e. The van der Waals surface area contributed by atoms with Crippen LogP contribution in [0, 0.1) is 10.1 Å². The topological polar surface area (TPSA) is 78.7 Å². The van der Waals surface area contributed by atoms with E-state index in [-0.39, 0.29) is 0 Å². The Bertz CT molecular complexity index is 598. The van der Waals surface area contributed by atoms with Crippen molar-refractivity contribution in [2.24, 2.45) is 0 Å². The van der Waals surface area contributed by atoms with Crippen LogP contribution in [0.4, 0.5) is 23.2 Å². The molecule has 0 heterocycles. The number of nitrogens with zero attached hydrogens (tertiary/aromatic N) is 1. The first-order valence-electron chi connectivity index (χ1n) is 6.43. The Hall–Kier alpha value is -1.51. The first-order chi connectivity index (χ1) is 10.5. The Labute approximate surface area is 129 Å². The zero-order valence-corrected chi connectivity index (χ0v) is 13.1. The van der Waals surface area contributed by atoms with Gasteiger partial charge >= 0.3 is 19.2 Å². The lowest BCUT2D eigenvalue weighted by Gasteiger charge is -2.31. The molecule has 0 saturated carbocycles. The number of rotatable bonds is 8. The average Bonchev–Trinajstić information content (AvgIpc) is 2.47. The van der Waals surface area contributed by atoms with Gasteiger partial charge in [0.2, 0.25) is 0 Å². The molecule has 1 rings (SSSR count). The van der Waals surface area contributed by atoms with Gasteiger partial charge in [-0.3, -0.25) is 14.7 Å². The third-order valence-corrected chi connectivity index (χ3v) is 4.93. The van der Waals surface area contributed by atoms with Gasteiger partial charge in [-0.05, 0) is 26.0 Å². The highest BCUT2D eigenvalue weighted by molar-refractivity contribution is 7.55. The maximum atomic E-state index is 14.2. The lowest BCUT2D eigenvalue weighted by molar-refractivity contribution is -0.384. The van der Waals surface area contributed by atoms with E-state index < -0.39 is 48.6 Å². The summed E-state index contributed by atoms with van der Waals surface area (Å²) in [4.78, 5) is 9.60. The summed E-state index contributed by atoms with van der Waals surface area (Å²) in [5.41, 5.74) is -6.94. The number of nitro groups is 1. The largest absolute Gasteiger partial charge is 0.411 e. The van der Waals surface area contributed by atoms with Gasteiger partial charge in [-0.2, -0.15) is 17.6 Å². The van der Waals surface area contributed by atoms with E-state index in [2.05, 4.69) is 9.05 Å². The molecule has 11 heteroatoms. The Balaban J connectivity index is 3.31. The molecule has 0 aliphatic heterocycles. The van der Waals surface area contributed by atoms with Gasteiger partial charge in [0.25, 0.3) is 5.69 Å². The first kappa shape index (κ1) is 19.5. The molecule has 0 unspecified atom stereocenters. The monoisotopic (exact) mass is 359 g/mol. The number of benzene rings is 1. The van der Waals surface area contributed by atoms with Crippen molar-refractivity contribution in [1.82, 2.24) is 0 Å². The molecular weight excluding hydrogens is 345 g/mol. The molecular formula is C12H14F4NO5P. The standard InChI is InChI=1S/C12H14F4NO5P/c1-3-21-23(20,22-4-2)12(15,16)11(13,14)9-5-7-10(8-6-9)17(18)19/h5-8H,3-4H2,1-2H3. The molecule has 0 N–H and O–H groups in total. The van der Waals surface area contributed by atoms with Crippen LogP contribution < -0.4 is 0 Å². The van der Waals surface area contributed by atoms with Crippen molar-refractivity contribution in [3.63, 3.8) is 0 Å². The second kappa shape index (κ2) is 6.94. The van der Waals surface area contributed by atoms with E-state index in [1.54, 1.807) is 0 Å². The van der Waals surface area contributed by atoms with E-state index in [0.717, 1.165) is 0 Å². The molecule has 0 bridgehead atoms. The highest BCUT2D eigenvalue weighted by atomic mass is 31.2. The van der Waals surface area contributed by atoms with E-state index in [9.17, 15) is 32.2 Å². The summed E-state index contributed by atoms with van der Waals surface area (Å²) in [5.74, 6) is -4.91. The molecule has 23 heavy (non-hydrogen) atoms. The fourth-order valence-corrected chi connectivity index (χ4v) is 3.23. The fourth-order valence-electron chi connectivity index (χ4n) is 1.68. The third-order valence-electron chi connectivity index (χ3n) is 2.76. The first-order valence-corrected chi connectivity index (χ1v) is 7.97. The summed E-state index contributed by atoms with van der Waals surface area (Å²) in [5, 5.41) is 10.5. The Morgan fingerprint density at radius 1 is 1.09 bits per heavy atom. The second-order valence-corrected chi connectivity index (χ2v) is 6.33. The lowest BCUT2D eigenvalue weighted by atomic mass is 10.1. The number of nitro benzene ring substituents is 1. The quantitative estimate of drug-likeness (QED) is 0.295. The van der Waals surface area contributed by atoms with Crippen LogP contribution in [0.3, 0.4) is 0 Å². The summed E-state index contributed by atoms with van der Waals surface area (Å²) < 4.78 is 77.3. The van der Waals surface area contributed by atoms with E-state index >= 15 is 0 Å². The van der Waals surface area contributed by atoms with Crippen molar-refractivity contribution in [2.75, 3.05) is 13.2 Å². The highest BCUT2D eigenvalue weighted by Gasteiger charge is 2.70. The maximum absolute atomic E-state index is 14.2. The van der Waals surface area contributed by atoms with Gasteiger partial charge < -0.3 is 9.05 Å². The summed E-state index contributed by atoms with van der Waals surface area (Å²) >= 11 is 0. The van der Waals surface area contributed by atoms with Crippen molar-refractivity contribution in [1.29, 1.82) is 0 Å². The third kappa shape index (κ3) is 3.54. The van der Waals surface area contributed by atoms with Crippen molar-refractivity contribution in [3.8, 4) is 0 Å². The molecule has 0 aliphatic rings. The zero-order chi connectivity index (χ0) is 17.9. The normalized spacial score (nSPS) is 13.1.